The third kappa shape index (κ3) is 6.38. The zero-order chi connectivity index (χ0) is 11.1. The Balaban J connectivity index is 3.67. The van der Waals surface area contributed by atoms with Gasteiger partial charge in [-0.15, -0.1) is 0 Å². The fraction of sp³-hybridized carbons (Fsp3) is 0.750. The minimum atomic E-state index is -0.650. The summed E-state index contributed by atoms with van der Waals surface area (Å²) in [7, 11) is 0. The lowest BCUT2D eigenvalue weighted by atomic mass is 10.0. The molecule has 0 saturated carbocycles. The maximum absolute atomic E-state index is 11.1. The second-order valence-corrected chi connectivity index (χ2v) is 3.46. The van der Waals surface area contributed by atoms with Crippen LogP contribution in [0.3, 0.4) is 0 Å². The lowest BCUT2D eigenvalue weighted by Gasteiger charge is -2.13. The fourth-order valence-corrected chi connectivity index (χ4v) is 0.869. The van der Waals surface area contributed by atoms with Gasteiger partial charge < -0.3 is 11.5 Å². The highest BCUT2D eigenvalue weighted by Gasteiger charge is 2.14. The molecule has 5 N–H and O–H groups in total. The molecular formula is C8H17N3O3. The molecule has 0 bridgehead atoms. The van der Waals surface area contributed by atoms with Crippen LogP contribution in [0.1, 0.15) is 20.3 Å². The Kier molecular flexibility index (Phi) is 5.82. The Hall–Kier alpha value is -1.14. The number of hydrogen-bond acceptors (Lipinski definition) is 4. The summed E-state index contributed by atoms with van der Waals surface area (Å²) < 4.78 is 0. The second kappa shape index (κ2) is 6.33. The molecule has 1 atom stereocenters. The molecule has 2 amide bonds. The molecule has 0 aliphatic carbocycles. The lowest BCUT2D eigenvalue weighted by Crippen LogP contribution is -2.42. The van der Waals surface area contributed by atoms with Crippen molar-refractivity contribution in [2.24, 2.45) is 17.4 Å². The maximum atomic E-state index is 11.1. The number of primary amides is 1. The molecule has 0 aliphatic rings. The third-order valence-corrected chi connectivity index (χ3v) is 1.45. The molecule has 0 saturated heterocycles. The van der Waals surface area contributed by atoms with Crippen molar-refractivity contribution < 1.29 is 14.4 Å². The number of rotatable bonds is 6. The van der Waals surface area contributed by atoms with Crippen molar-refractivity contribution in [3.8, 4) is 0 Å². The molecule has 0 aromatic carbocycles. The molecule has 0 heterocycles. The van der Waals surface area contributed by atoms with Gasteiger partial charge >= 0.3 is 0 Å². The Morgan fingerprint density at radius 2 is 2.00 bits per heavy atom. The summed E-state index contributed by atoms with van der Waals surface area (Å²) in [6.45, 7) is 3.56. The zero-order valence-electron chi connectivity index (χ0n) is 8.45. The summed E-state index contributed by atoms with van der Waals surface area (Å²) in [5.74, 6) is -0.769. The summed E-state index contributed by atoms with van der Waals surface area (Å²) >= 11 is 0. The van der Waals surface area contributed by atoms with Gasteiger partial charge in [-0.05, 0) is 12.3 Å². The van der Waals surface area contributed by atoms with Crippen LogP contribution in [0.4, 0.5) is 0 Å². The summed E-state index contributed by atoms with van der Waals surface area (Å²) in [5.41, 5.74) is 12.4. The fourth-order valence-electron chi connectivity index (χ4n) is 0.869. The van der Waals surface area contributed by atoms with Gasteiger partial charge in [-0.1, -0.05) is 13.8 Å². The van der Waals surface area contributed by atoms with Crippen molar-refractivity contribution in [2.45, 2.75) is 26.3 Å². The highest BCUT2D eigenvalue weighted by Crippen LogP contribution is 2.02. The van der Waals surface area contributed by atoms with E-state index < -0.39 is 17.9 Å². The molecule has 0 rings (SSSR count). The van der Waals surface area contributed by atoms with Crippen molar-refractivity contribution >= 4 is 11.8 Å². The van der Waals surface area contributed by atoms with Gasteiger partial charge in [0.05, 0.1) is 6.04 Å². The van der Waals surface area contributed by atoms with E-state index >= 15 is 0 Å². The summed E-state index contributed by atoms with van der Waals surface area (Å²) in [6.07, 6.45) is 0.561. The Morgan fingerprint density at radius 3 is 2.43 bits per heavy atom. The standard InChI is InChI=1S/C8H17N3O3/c1-5(2)3-6(9)8(13)11-14-4-7(10)12/h5-6H,3-4,9H2,1-2H3,(H2,10,12)(H,11,13)/t6-/m1/s1. The smallest absolute Gasteiger partial charge is 0.260 e. The summed E-state index contributed by atoms with van der Waals surface area (Å²) in [6, 6.07) is -0.622. The van der Waals surface area contributed by atoms with Crippen LogP contribution >= 0.6 is 0 Å². The third-order valence-electron chi connectivity index (χ3n) is 1.45. The number of hydroxylamine groups is 1. The van der Waals surface area contributed by atoms with Crippen molar-refractivity contribution in [3.05, 3.63) is 0 Å². The van der Waals surface area contributed by atoms with Crippen LogP contribution in [0.15, 0.2) is 0 Å². The largest absolute Gasteiger partial charge is 0.368 e. The van der Waals surface area contributed by atoms with Gasteiger partial charge in [0.2, 0.25) is 5.91 Å². The first kappa shape index (κ1) is 12.9. The van der Waals surface area contributed by atoms with Gasteiger partial charge in [-0.3, -0.25) is 14.4 Å². The molecule has 0 aliphatic heterocycles. The first-order valence-corrected chi connectivity index (χ1v) is 4.39. The van der Waals surface area contributed by atoms with Crippen LogP contribution in [-0.2, 0) is 14.4 Å². The van der Waals surface area contributed by atoms with E-state index in [9.17, 15) is 9.59 Å². The predicted molar refractivity (Wildman–Crippen MR) is 50.7 cm³/mol. The van der Waals surface area contributed by atoms with Crippen molar-refractivity contribution in [2.75, 3.05) is 6.61 Å². The first-order chi connectivity index (χ1) is 6.43. The van der Waals surface area contributed by atoms with E-state index in [-0.39, 0.29) is 6.61 Å². The SMILES string of the molecule is CC(C)C[C@@H](N)C(=O)NOCC(N)=O. The van der Waals surface area contributed by atoms with Crippen LogP contribution in [0.5, 0.6) is 0 Å². The molecule has 82 valence electrons. The Morgan fingerprint density at radius 1 is 1.43 bits per heavy atom. The zero-order valence-corrected chi connectivity index (χ0v) is 8.45. The van der Waals surface area contributed by atoms with Crippen LogP contribution in [-0.4, -0.2) is 24.5 Å². The van der Waals surface area contributed by atoms with Crippen molar-refractivity contribution in [3.63, 3.8) is 0 Å². The predicted octanol–water partition coefficient (Wildman–Crippen LogP) is -1.11. The van der Waals surface area contributed by atoms with Crippen molar-refractivity contribution in [1.82, 2.24) is 5.48 Å². The Bertz CT molecular complexity index is 206. The van der Waals surface area contributed by atoms with E-state index in [2.05, 4.69) is 10.3 Å². The molecule has 6 heteroatoms. The molecule has 0 fully saturated rings. The molecule has 6 nitrogen and oxygen atoms in total. The van der Waals surface area contributed by atoms with E-state index in [4.69, 9.17) is 11.5 Å². The minimum absolute atomic E-state index is 0.326. The van der Waals surface area contributed by atoms with E-state index in [1.807, 2.05) is 13.8 Å². The molecule has 0 aromatic rings. The Labute approximate surface area is 82.9 Å². The minimum Gasteiger partial charge on any atom is -0.368 e. The monoisotopic (exact) mass is 203 g/mol. The number of nitrogens with two attached hydrogens (primary N) is 2. The topological polar surface area (TPSA) is 107 Å². The number of amides is 2. The lowest BCUT2D eigenvalue weighted by molar-refractivity contribution is -0.139. The normalized spacial score (nSPS) is 12.6. The van der Waals surface area contributed by atoms with Crippen LogP contribution in [0.25, 0.3) is 0 Å². The van der Waals surface area contributed by atoms with E-state index in [1.165, 1.54) is 0 Å². The first-order valence-electron chi connectivity index (χ1n) is 4.39. The molecule has 0 radical (unpaired) electrons. The highest BCUT2D eigenvalue weighted by molar-refractivity contribution is 5.81. The van der Waals surface area contributed by atoms with Gasteiger partial charge in [0, 0.05) is 0 Å². The molecule has 0 spiro atoms. The van der Waals surface area contributed by atoms with E-state index in [0.717, 1.165) is 0 Å². The summed E-state index contributed by atoms with van der Waals surface area (Å²) in [4.78, 5) is 25.9. The van der Waals surface area contributed by atoms with Crippen LogP contribution < -0.4 is 16.9 Å². The molecule has 0 unspecified atom stereocenters. The maximum Gasteiger partial charge on any atom is 0.260 e. The number of carbonyl (C=O) groups excluding carboxylic acids is 2. The number of nitrogens with one attached hydrogen (secondary N) is 1. The van der Waals surface area contributed by atoms with Gasteiger partial charge in [-0.2, -0.15) is 0 Å². The quantitative estimate of drug-likeness (QED) is 0.476. The number of hydrogen-bond donors (Lipinski definition) is 3. The summed E-state index contributed by atoms with van der Waals surface area (Å²) in [5, 5.41) is 0. The highest BCUT2D eigenvalue weighted by atomic mass is 16.7. The van der Waals surface area contributed by atoms with Gasteiger partial charge in [0.15, 0.2) is 6.61 Å². The van der Waals surface area contributed by atoms with Crippen molar-refractivity contribution in [1.29, 1.82) is 0 Å². The molecule has 14 heavy (non-hydrogen) atoms. The van der Waals surface area contributed by atoms with Crippen LogP contribution in [0.2, 0.25) is 0 Å². The second-order valence-electron chi connectivity index (χ2n) is 3.46. The van der Waals surface area contributed by atoms with Gasteiger partial charge in [0.25, 0.3) is 5.91 Å². The average Bonchev–Trinajstić information content (AvgIpc) is 2.01. The molecule has 0 aromatic heterocycles. The number of carbonyl (C=O) groups is 2. The van der Waals surface area contributed by atoms with E-state index in [0.29, 0.717) is 12.3 Å². The average molecular weight is 203 g/mol. The van der Waals surface area contributed by atoms with Gasteiger partial charge in [-0.25, -0.2) is 5.48 Å². The molecular weight excluding hydrogens is 186 g/mol. The van der Waals surface area contributed by atoms with Gasteiger partial charge in [0.1, 0.15) is 0 Å². The van der Waals surface area contributed by atoms with Crippen LogP contribution in [0, 0.1) is 5.92 Å². The van der Waals surface area contributed by atoms with E-state index in [1.54, 1.807) is 0 Å².